The summed E-state index contributed by atoms with van der Waals surface area (Å²) in [4.78, 5) is 71.7. The minimum absolute atomic E-state index is 0.0792. The normalized spacial score (nSPS) is 19.4. The average Bonchev–Trinajstić information content (AvgIpc) is 3.72. The summed E-state index contributed by atoms with van der Waals surface area (Å²) in [5.74, 6) is -8.34. The Balaban J connectivity index is 0.853. The standard InChI is InChI=1S/C43H45F4N11O6S/c1-3-55(2)65(63,64)54-33-9-8-32(44)37(38(33)45)39(61)30-22-49-40-29(30)18-26(19-48-40)27-20-50-42(51-21-27)58-16-14-57(15-17-58)36(60)23-56-13-12-31(43(46,47)24-56)25-4-6-28(7-5-25)52-34-10-11-35(59)53-41(34)62/h4-9,18-22,31,34,52,54H,3,10-17,23-24H2,1-2H3,(H,48,49)(H,53,59,62)/t31-,34?/m1/s1. The summed E-state index contributed by atoms with van der Waals surface area (Å²) >= 11 is 0. The van der Waals surface area contributed by atoms with Gasteiger partial charge in [0.15, 0.2) is 5.82 Å². The Bertz CT molecular complexity index is 2750. The van der Waals surface area contributed by atoms with Crippen molar-refractivity contribution in [3.63, 3.8) is 0 Å². The van der Waals surface area contributed by atoms with Gasteiger partial charge in [0.2, 0.25) is 29.5 Å². The molecule has 0 aliphatic carbocycles. The number of fused-ring (bicyclic) bond motifs is 1. The van der Waals surface area contributed by atoms with Crippen molar-refractivity contribution in [1.29, 1.82) is 0 Å². The maximum atomic E-state index is 15.6. The molecular formula is C43H45F4N11O6S. The minimum atomic E-state index is -4.18. The number of rotatable bonds is 13. The summed E-state index contributed by atoms with van der Waals surface area (Å²) in [6, 6.07) is 9.24. The number of piperazine rings is 1. The van der Waals surface area contributed by atoms with E-state index in [4.69, 9.17) is 0 Å². The average molecular weight is 920 g/mol. The first-order valence-electron chi connectivity index (χ1n) is 20.9. The van der Waals surface area contributed by atoms with Gasteiger partial charge in [-0.25, -0.2) is 32.5 Å². The van der Waals surface area contributed by atoms with Crippen LogP contribution in [0, 0.1) is 11.6 Å². The van der Waals surface area contributed by atoms with E-state index < -0.39 is 69.2 Å². The van der Waals surface area contributed by atoms with Crippen molar-refractivity contribution in [3.05, 3.63) is 95.6 Å². The summed E-state index contributed by atoms with van der Waals surface area (Å²) < 4.78 is 89.8. The molecule has 6 heterocycles. The van der Waals surface area contributed by atoms with Gasteiger partial charge in [0, 0.05) is 98.7 Å². The van der Waals surface area contributed by atoms with Crippen LogP contribution in [0.5, 0.6) is 0 Å². The van der Waals surface area contributed by atoms with E-state index in [1.165, 1.54) is 24.3 Å². The van der Waals surface area contributed by atoms with Gasteiger partial charge in [-0.3, -0.25) is 34.1 Å². The number of anilines is 3. The number of carbonyl (C=O) groups excluding carboxylic acids is 4. The van der Waals surface area contributed by atoms with Crippen molar-refractivity contribution in [3.8, 4) is 11.1 Å². The highest BCUT2D eigenvalue weighted by molar-refractivity contribution is 7.90. The molecule has 2 aromatic carbocycles. The van der Waals surface area contributed by atoms with Gasteiger partial charge in [-0.15, -0.1) is 0 Å². The largest absolute Gasteiger partial charge is 0.374 e. The Kier molecular flexibility index (Phi) is 12.6. The van der Waals surface area contributed by atoms with Crippen LogP contribution in [0.4, 0.5) is 34.9 Å². The molecule has 1 unspecified atom stereocenters. The highest BCUT2D eigenvalue weighted by atomic mass is 32.2. The molecule has 3 aliphatic rings. The number of likely N-dealkylation sites (tertiary alicyclic amines) is 1. The van der Waals surface area contributed by atoms with Gasteiger partial charge < -0.3 is 20.1 Å². The molecule has 0 spiro atoms. The summed E-state index contributed by atoms with van der Waals surface area (Å²) in [5.41, 5.74) is 0.662. The van der Waals surface area contributed by atoms with Crippen LogP contribution in [-0.4, -0.2) is 137 Å². The van der Waals surface area contributed by atoms with Gasteiger partial charge in [-0.2, -0.15) is 12.7 Å². The number of piperidine rings is 2. The van der Waals surface area contributed by atoms with Gasteiger partial charge in [-0.1, -0.05) is 19.1 Å². The second-order valence-corrected chi connectivity index (χ2v) is 18.0. The van der Waals surface area contributed by atoms with Gasteiger partial charge >= 0.3 is 10.2 Å². The summed E-state index contributed by atoms with van der Waals surface area (Å²) in [6.45, 7) is 2.68. The van der Waals surface area contributed by atoms with Gasteiger partial charge in [0.25, 0.3) is 5.92 Å². The first-order valence-corrected chi connectivity index (χ1v) is 22.3. The quantitative estimate of drug-likeness (QED) is 0.0748. The molecular weight excluding hydrogens is 875 g/mol. The SMILES string of the molecule is CCN(C)S(=O)(=O)Nc1ccc(F)c(C(=O)c2c[nH]c3ncc(-c4cnc(N5CCN(C(=O)CN6CC[C@H](c7ccc(NC8CCC(=O)NC8=O)cc7)C(F)(F)C6)CC5)nc4)cc23)c1F. The number of amides is 3. The molecule has 5 aromatic rings. The van der Waals surface area contributed by atoms with E-state index in [9.17, 15) is 27.6 Å². The van der Waals surface area contributed by atoms with Gasteiger partial charge in [-0.05, 0) is 55.3 Å². The number of ketones is 1. The Morgan fingerprint density at radius 1 is 0.938 bits per heavy atom. The molecule has 3 aliphatic heterocycles. The Morgan fingerprint density at radius 2 is 1.65 bits per heavy atom. The Labute approximate surface area is 370 Å². The van der Waals surface area contributed by atoms with Gasteiger partial charge in [0.05, 0.1) is 30.3 Å². The monoisotopic (exact) mass is 919 g/mol. The Hall–Kier alpha value is -6.52. The molecule has 3 aromatic heterocycles. The number of nitrogens with one attached hydrogen (secondary N) is 4. The number of benzene rings is 2. The number of nitrogens with zero attached hydrogens (tertiary/aromatic N) is 7. The molecule has 22 heteroatoms. The molecule has 3 fully saturated rings. The smallest absolute Gasteiger partial charge is 0.301 e. The molecule has 4 N–H and O–H groups in total. The summed E-state index contributed by atoms with van der Waals surface area (Å²) in [6.07, 6.45) is 6.59. The fourth-order valence-corrected chi connectivity index (χ4v) is 9.12. The van der Waals surface area contributed by atoms with Crippen molar-refractivity contribution in [2.45, 2.75) is 44.1 Å². The number of halogens is 4. The maximum absolute atomic E-state index is 15.6. The number of imide groups is 1. The number of hydrogen-bond donors (Lipinski definition) is 4. The van der Waals surface area contributed by atoms with Crippen molar-refractivity contribution in [1.82, 2.24) is 39.4 Å². The predicted octanol–water partition coefficient (Wildman–Crippen LogP) is 4.13. The van der Waals surface area contributed by atoms with E-state index in [0.717, 1.165) is 16.4 Å². The van der Waals surface area contributed by atoms with E-state index in [1.807, 2.05) is 4.90 Å². The van der Waals surface area contributed by atoms with Crippen molar-refractivity contribution in [2.24, 2.45) is 0 Å². The van der Waals surface area contributed by atoms with Crippen LogP contribution in [0.1, 0.15) is 53.6 Å². The van der Waals surface area contributed by atoms with Crippen LogP contribution in [0.15, 0.2) is 67.3 Å². The zero-order valence-corrected chi connectivity index (χ0v) is 36.1. The van der Waals surface area contributed by atoms with Crippen LogP contribution in [0.25, 0.3) is 22.2 Å². The number of hydrogen-bond acceptors (Lipinski definition) is 12. The van der Waals surface area contributed by atoms with E-state index in [-0.39, 0.29) is 54.3 Å². The zero-order valence-electron chi connectivity index (χ0n) is 35.3. The first kappa shape index (κ1) is 45.1. The highest BCUT2D eigenvalue weighted by Gasteiger charge is 2.46. The molecule has 8 rings (SSSR count). The van der Waals surface area contributed by atoms with Gasteiger partial charge in [0.1, 0.15) is 17.5 Å². The molecule has 2 atom stereocenters. The number of pyridine rings is 1. The third kappa shape index (κ3) is 9.50. The number of alkyl halides is 2. The number of carbonyl (C=O) groups is 4. The molecule has 0 bridgehead atoms. The molecule has 0 saturated carbocycles. The Morgan fingerprint density at radius 3 is 2.32 bits per heavy atom. The third-order valence-corrected chi connectivity index (χ3v) is 13.6. The van der Waals surface area contributed by atoms with Crippen LogP contribution in [-0.2, 0) is 24.6 Å². The lowest BCUT2D eigenvalue weighted by molar-refractivity contribution is -0.137. The van der Waals surface area contributed by atoms with Crippen molar-refractivity contribution in [2.75, 3.05) is 74.3 Å². The van der Waals surface area contributed by atoms with Crippen molar-refractivity contribution >= 4 is 62.1 Å². The maximum Gasteiger partial charge on any atom is 0.301 e. The molecule has 0 radical (unpaired) electrons. The lowest BCUT2D eigenvalue weighted by Gasteiger charge is -2.40. The third-order valence-electron chi connectivity index (χ3n) is 12.0. The molecule has 3 amide bonds. The highest BCUT2D eigenvalue weighted by Crippen LogP contribution is 2.41. The lowest BCUT2D eigenvalue weighted by atomic mass is 9.86. The minimum Gasteiger partial charge on any atom is -0.374 e. The molecule has 65 heavy (non-hydrogen) atoms. The predicted molar refractivity (Wildman–Crippen MR) is 232 cm³/mol. The van der Waals surface area contributed by atoms with Crippen LogP contribution >= 0.6 is 0 Å². The fourth-order valence-electron chi connectivity index (χ4n) is 8.19. The second-order valence-electron chi connectivity index (χ2n) is 16.2. The number of H-pyrrole nitrogens is 1. The van der Waals surface area contributed by atoms with E-state index in [2.05, 4.69) is 35.3 Å². The summed E-state index contributed by atoms with van der Waals surface area (Å²) in [7, 11) is -2.90. The number of aromatic amines is 1. The van der Waals surface area contributed by atoms with Crippen LogP contribution in [0.2, 0.25) is 0 Å². The van der Waals surface area contributed by atoms with Crippen molar-refractivity contribution < 1.29 is 45.2 Å². The molecule has 17 nitrogen and oxygen atoms in total. The molecule has 342 valence electrons. The second kappa shape index (κ2) is 18.2. The van der Waals surface area contributed by atoms with E-state index in [0.29, 0.717) is 67.5 Å². The zero-order chi connectivity index (χ0) is 46.2. The lowest BCUT2D eigenvalue weighted by Crippen LogP contribution is -2.54. The van der Waals surface area contributed by atoms with Crippen LogP contribution < -0.4 is 20.3 Å². The topological polar surface area (TPSA) is 206 Å². The van der Waals surface area contributed by atoms with Crippen LogP contribution in [0.3, 0.4) is 0 Å². The van der Waals surface area contributed by atoms with E-state index >= 15 is 17.6 Å². The number of aromatic nitrogens is 4. The first-order chi connectivity index (χ1) is 31.0. The van der Waals surface area contributed by atoms with E-state index in [1.54, 1.807) is 54.5 Å². The molecule has 3 saturated heterocycles. The fraction of sp³-hybridized carbons (Fsp3) is 0.372. The summed E-state index contributed by atoms with van der Waals surface area (Å²) in [5, 5.41) is 5.58.